The molecule has 0 bridgehead atoms. The Kier molecular flexibility index (Phi) is 5.86. The minimum absolute atomic E-state index is 0.0810. The topological polar surface area (TPSA) is 97.4 Å². The molecule has 0 aliphatic carbocycles. The average molecular weight is 348 g/mol. The number of anilines is 2. The van der Waals surface area contributed by atoms with Crippen molar-refractivity contribution < 1.29 is 19.1 Å². The van der Waals surface area contributed by atoms with Gasteiger partial charge in [0.15, 0.2) is 5.15 Å². The summed E-state index contributed by atoms with van der Waals surface area (Å²) in [6.45, 7) is 1.98. The van der Waals surface area contributed by atoms with E-state index >= 15 is 0 Å². The van der Waals surface area contributed by atoms with Crippen LogP contribution in [0.15, 0.2) is 42.6 Å². The number of esters is 1. The van der Waals surface area contributed by atoms with Crippen molar-refractivity contribution in [1.82, 2.24) is 4.98 Å². The molecule has 2 amide bonds. The van der Waals surface area contributed by atoms with E-state index in [2.05, 4.69) is 15.6 Å². The minimum Gasteiger partial charge on any atom is -0.462 e. The highest BCUT2D eigenvalue weighted by atomic mass is 35.5. The first-order valence-electron chi connectivity index (χ1n) is 7.01. The van der Waals surface area contributed by atoms with Gasteiger partial charge in [0.1, 0.15) is 0 Å². The second-order valence-corrected chi connectivity index (χ2v) is 4.91. The zero-order valence-electron chi connectivity index (χ0n) is 12.7. The highest BCUT2D eigenvalue weighted by Crippen LogP contribution is 2.17. The third kappa shape index (κ3) is 4.53. The molecular weight excluding hydrogens is 334 g/mol. The van der Waals surface area contributed by atoms with Gasteiger partial charge in [-0.2, -0.15) is 0 Å². The molecule has 2 rings (SSSR count). The summed E-state index contributed by atoms with van der Waals surface area (Å²) in [5.74, 6) is -2.22. The molecule has 1 heterocycles. The second kappa shape index (κ2) is 8.07. The second-order valence-electron chi connectivity index (χ2n) is 4.55. The van der Waals surface area contributed by atoms with Crippen LogP contribution in [0.1, 0.15) is 17.3 Å². The minimum atomic E-state index is -0.889. The van der Waals surface area contributed by atoms with E-state index in [0.29, 0.717) is 11.3 Å². The number of benzene rings is 1. The third-order valence-electron chi connectivity index (χ3n) is 2.87. The van der Waals surface area contributed by atoms with Gasteiger partial charge >= 0.3 is 17.8 Å². The van der Waals surface area contributed by atoms with E-state index in [0.717, 1.165) is 0 Å². The molecule has 0 aliphatic rings. The fourth-order valence-electron chi connectivity index (χ4n) is 1.75. The lowest BCUT2D eigenvalue weighted by molar-refractivity contribution is -0.133. The lowest BCUT2D eigenvalue weighted by atomic mass is 10.2. The van der Waals surface area contributed by atoms with Crippen molar-refractivity contribution in [1.29, 1.82) is 0 Å². The van der Waals surface area contributed by atoms with Crippen molar-refractivity contribution >= 4 is 40.8 Å². The van der Waals surface area contributed by atoms with E-state index in [9.17, 15) is 14.4 Å². The summed E-state index contributed by atoms with van der Waals surface area (Å²) in [5.41, 5.74) is 0.943. The molecular formula is C16H14ClN3O4. The normalized spacial score (nSPS) is 9.92. The lowest BCUT2D eigenvalue weighted by Crippen LogP contribution is -2.29. The molecule has 0 radical (unpaired) electrons. The Labute approximate surface area is 143 Å². The molecule has 2 N–H and O–H groups in total. The number of carbonyl (C=O) groups excluding carboxylic acids is 3. The lowest BCUT2D eigenvalue weighted by Gasteiger charge is -2.08. The summed E-state index contributed by atoms with van der Waals surface area (Å²) in [4.78, 5) is 39.0. The molecule has 0 spiro atoms. The standard InChI is InChI=1S/C16H14ClN3O4/c1-2-24-16(23)10-5-7-11(8-6-10)19-14(21)15(22)20-12-4-3-9-18-13(12)17/h3-9H,2H2,1H3,(H,19,21)(H,20,22). The van der Waals surface area contributed by atoms with Crippen LogP contribution in [0, 0.1) is 0 Å². The zero-order valence-corrected chi connectivity index (χ0v) is 13.5. The maximum absolute atomic E-state index is 11.9. The van der Waals surface area contributed by atoms with Crippen LogP contribution < -0.4 is 10.6 Å². The smallest absolute Gasteiger partial charge is 0.338 e. The van der Waals surface area contributed by atoms with Crippen LogP contribution in [-0.4, -0.2) is 29.4 Å². The van der Waals surface area contributed by atoms with Crippen LogP contribution in [0.4, 0.5) is 11.4 Å². The molecule has 0 aliphatic heterocycles. The van der Waals surface area contributed by atoms with Gasteiger partial charge in [0.2, 0.25) is 0 Å². The maximum atomic E-state index is 11.9. The Balaban J connectivity index is 1.97. The fraction of sp³-hybridized carbons (Fsp3) is 0.125. The summed E-state index contributed by atoms with van der Waals surface area (Å²) in [5, 5.41) is 4.85. The van der Waals surface area contributed by atoms with Gasteiger partial charge < -0.3 is 15.4 Å². The first kappa shape index (κ1) is 17.4. The largest absolute Gasteiger partial charge is 0.462 e. The number of amides is 2. The van der Waals surface area contributed by atoms with Gasteiger partial charge in [-0.1, -0.05) is 11.6 Å². The monoisotopic (exact) mass is 347 g/mol. The SMILES string of the molecule is CCOC(=O)c1ccc(NC(=O)C(=O)Nc2cccnc2Cl)cc1. The molecule has 124 valence electrons. The number of hydrogen-bond donors (Lipinski definition) is 2. The Morgan fingerprint density at radius 2 is 1.75 bits per heavy atom. The number of nitrogens with one attached hydrogen (secondary N) is 2. The van der Waals surface area contributed by atoms with Gasteiger partial charge in [0.05, 0.1) is 17.9 Å². The van der Waals surface area contributed by atoms with Crippen LogP contribution in [-0.2, 0) is 14.3 Å². The van der Waals surface area contributed by atoms with Gasteiger partial charge in [-0.3, -0.25) is 9.59 Å². The maximum Gasteiger partial charge on any atom is 0.338 e. The van der Waals surface area contributed by atoms with E-state index in [1.165, 1.54) is 36.5 Å². The molecule has 0 saturated carbocycles. The number of pyridine rings is 1. The molecule has 0 fully saturated rings. The Morgan fingerprint density at radius 1 is 1.08 bits per heavy atom. The van der Waals surface area contributed by atoms with E-state index in [4.69, 9.17) is 16.3 Å². The van der Waals surface area contributed by atoms with Crippen molar-refractivity contribution in [2.45, 2.75) is 6.92 Å². The number of halogens is 1. The van der Waals surface area contributed by atoms with Gasteiger partial charge in [-0.15, -0.1) is 0 Å². The van der Waals surface area contributed by atoms with E-state index in [1.807, 2.05) is 0 Å². The van der Waals surface area contributed by atoms with E-state index < -0.39 is 17.8 Å². The summed E-state index contributed by atoms with van der Waals surface area (Å²) in [7, 11) is 0. The van der Waals surface area contributed by atoms with Crippen molar-refractivity contribution in [3.63, 3.8) is 0 Å². The number of rotatable bonds is 4. The zero-order chi connectivity index (χ0) is 17.5. The molecule has 0 saturated heterocycles. The van der Waals surface area contributed by atoms with Gasteiger partial charge in [0.25, 0.3) is 0 Å². The van der Waals surface area contributed by atoms with Crippen molar-refractivity contribution in [2.24, 2.45) is 0 Å². The molecule has 0 atom stereocenters. The van der Waals surface area contributed by atoms with Crippen molar-refractivity contribution in [3.05, 3.63) is 53.3 Å². The Morgan fingerprint density at radius 3 is 2.38 bits per heavy atom. The Bertz CT molecular complexity index is 762. The summed E-state index contributed by atoms with van der Waals surface area (Å²) < 4.78 is 4.86. The van der Waals surface area contributed by atoms with E-state index in [-0.39, 0.29) is 17.4 Å². The molecule has 7 nitrogen and oxygen atoms in total. The Hall–Kier alpha value is -2.93. The number of ether oxygens (including phenoxy) is 1. The quantitative estimate of drug-likeness (QED) is 0.503. The predicted molar refractivity (Wildman–Crippen MR) is 88.9 cm³/mol. The van der Waals surface area contributed by atoms with Crippen LogP contribution >= 0.6 is 11.6 Å². The number of hydrogen-bond acceptors (Lipinski definition) is 5. The highest BCUT2D eigenvalue weighted by Gasteiger charge is 2.16. The molecule has 1 aromatic carbocycles. The van der Waals surface area contributed by atoms with Crippen LogP contribution in [0.3, 0.4) is 0 Å². The molecule has 0 unspecified atom stereocenters. The average Bonchev–Trinajstić information content (AvgIpc) is 2.57. The van der Waals surface area contributed by atoms with Crippen LogP contribution in [0.5, 0.6) is 0 Å². The molecule has 24 heavy (non-hydrogen) atoms. The first-order chi connectivity index (χ1) is 11.5. The predicted octanol–water partition coefficient (Wildman–Crippen LogP) is 2.49. The van der Waals surface area contributed by atoms with Crippen LogP contribution in [0.2, 0.25) is 5.15 Å². The van der Waals surface area contributed by atoms with Gasteiger partial charge in [-0.05, 0) is 43.3 Å². The summed E-state index contributed by atoms with van der Waals surface area (Å²) >= 11 is 5.80. The van der Waals surface area contributed by atoms with Crippen molar-refractivity contribution in [3.8, 4) is 0 Å². The molecule has 1 aromatic heterocycles. The summed E-state index contributed by atoms with van der Waals surface area (Å²) in [6.07, 6.45) is 1.46. The number of aromatic nitrogens is 1. The summed E-state index contributed by atoms with van der Waals surface area (Å²) in [6, 6.07) is 9.07. The molecule has 2 aromatic rings. The third-order valence-corrected chi connectivity index (χ3v) is 3.17. The van der Waals surface area contributed by atoms with Gasteiger partial charge in [-0.25, -0.2) is 9.78 Å². The van der Waals surface area contributed by atoms with Crippen molar-refractivity contribution in [2.75, 3.05) is 17.2 Å². The number of carbonyl (C=O) groups is 3. The number of nitrogens with zero attached hydrogens (tertiary/aromatic N) is 1. The first-order valence-corrected chi connectivity index (χ1v) is 7.39. The van der Waals surface area contributed by atoms with Gasteiger partial charge in [0, 0.05) is 11.9 Å². The molecule has 8 heteroatoms. The van der Waals surface area contributed by atoms with Crippen LogP contribution in [0.25, 0.3) is 0 Å². The fourth-order valence-corrected chi connectivity index (χ4v) is 1.92. The van der Waals surface area contributed by atoms with E-state index in [1.54, 1.807) is 13.0 Å². The highest BCUT2D eigenvalue weighted by molar-refractivity contribution is 6.44.